The molecule has 0 radical (unpaired) electrons. The van der Waals surface area contributed by atoms with Gasteiger partial charge in [0.2, 0.25) is 11.8 Å². The Kier molecular flexibility index (Phi) is 6.10. The van der Waals surface area contributed by atoms with Crippen LogP contribution in [0, 0.1) is 17.8 Å². The van der Waals surface area contributed by atoms with Gasteiger partial charge in [0.05, 0.1) is 34.7 Å². The van der Waals surface area contributed by atoms with E-state index in [9.17, 15) is 34.2 Å². The second kappa shape index (κ2) is 9.41. The van der Waals surface area contributed by atoms with Gasteiger partial charge in [0, 0.05) is 28.7 Å². The third-order valence-corrected chi connectivity index (χ3v) is 8.82. The number of ether oxygens (including phenoxy) is 1. The van der Waals surface area contributed by atoms with Crippen LogP contribution in [-0.4, -0.2) is 46.7 Å². The number of benzene rings is 2. The largest absolute Gasteiger partial charge is 0.508 e. The maximum Gasteiger partial charge on any atom is 0.335 e. The molecule has 2 amide bonds. The number of allylic oxidation sites excluding steroid dienone is 6. The fourth-order valence-corrected chi connectivity index (χ4v) is 6.93. The number of amides is 2. The first-order valence-corrected chi connectivity index (χ1v) is 13.4. The number of carboxylic acid groups (broad SMARTS) is 1. The van der Waals surface area contributed by atoms with Crippen molar-refractivity contribution in [3.05, 3.63) is 86.9 Å². The number of hydrogen-bond donors (Lipinski definition) is 2. The number of Topliss-reactive ketones (excluding diaryl/α,β-unsaturated/α-hetero) is 1. The number of hydrogen-bond acceptors (Lipinski definition) is 7. The molecule has 202 valence electrons. The molecule has 2 N–H and O–H groups in total. The number of rotatable bonds is 4. The predicted octanol–water partition coefficient (Wildman–Crippen LogP) is 4.07. The van der Waals surface area contributed by atoms with Crippen molar-refractivity contribution in [3.63, 3.8) is 0 Å². The second-order valence-corrected chi connectivity index (χ2v) is 11.0. The summed E-state index contributed by atoms with van der Waals surface area (Å²) in [7, 11) is 1.47. The molecule has 0 aromatic heterocycles. The molecule has 1 aliphatic heterocycles. The minimum Gasteiger partial charge on any atom is -0.508 e. The molecule has 6 rings (SSSR count). The van der Waals surface area contributed by atoms with Crippen molar-refractivity contribution in [1.29, 1.82) is 0 Å². The van der Waals surface area contributed by atoms with E-state index >= 15 is 0 Å². The predicted molar refractivity (Wildman–Crippen MR) is 145 cm³/mol. The molecule has 3 aliphatic carbocycles. The lowest BCUT2D eigenvalue weighted by atomic mass is 9.59. The van der Waals surface area contributed by atoms with E-state index < -0.39 is 41.5 Å². The van der Waals surface area contributed by atoms with Crippen molar-refractivity contribution in [1.82, 2.24) is 0 Å². The van der Waals surface area contributed by atoms with Gasteiger partial charge < -0.3 is 14.9 Å². The maximum absolute atomic E-state index is 13.9. The Hall–Kier alpha value is -4.31. The Bertz CT molecular complexity index is 1650. The molecule has 1 heterocycles. The molecule has 10 heteroatoms. The van der Waals surface area contributed by atoms with Crippen LogP contribution in [0.2, 0.25) is 0 Å². The van der Waals surface area contributed by atoms with Gasteiger partial charge in [-0.05, 0) is 71.1 Å². The number of methoxy groups -OCH3 is 1. The number of carbonyl (C=O) groups excluding carboxylic acids is 4. The number of aromatic hydroxyl groups is 1. The highest BCUT2D eigenvalue weighted by molar-refractivity contribution is 9.12. The van der Waals surface area contributed by atoms with Crippen LogP contribution >= 0.6 is 15.9 Å². The average Bonchev–Trinajstić information content (AvgIpc) is 3.20. The van der Waals surface area contributed by atoms with E-state index in [0.29, 0.717) is 16.9 Å². The van der Waals surface area contributed by atoms with Crippen LogP contribution < -0.4 is 9.64 Å². The van der Waals surface area contributed by atoms with E-state index in [-0.39, 0.29) is 57.0 Å². The van der Waals surface area contributed by atoms with E-state index in [1.165, 1.54) is 43.5 Å². The Morgan fingerprint density at radius 1 is 1.05 bits per heavy atom. The lowest BCUT2D eigenvalue weighted by molar-refractivity contribution is -0.123. The van der Waals surface area contributed by atoms with E-state index in [2.05, 4.69) is 15.9 Å². The zero-order chi connectivity index (χ0) is 28.5. The summed E-state index contributed by atoms with van der Waals surface area (Å²) in [6, 6.07) is 10.3. The zero-order valence-corrected chi connectivity index (χ0v) is 22.7. The van der Waals surface area contributed by atoms with E-state index in [1.54, 1.807) is 12.1 Å². The highest BCUT2D eigenvalue weighted by Crippen LogP contribution is 2.56. The number of phenolic OH excluding ortho intramolecular Hbond substituents is 1. The van der Waals surface area contributed by atoms with Crippen LogP contribution in [0.1, 0.15) is 34.7 Å². The normalized spacial score (nSPS) is 25.7. The summed E-state index contributed by atoms with van der Waals surface area (Å²) < 4.78 is 5.46. The molecule has 1 saturated heterocycles. The number of ketones is 2. The van der Waals surface area contributed by atoms with E-state index in [1.807, 2.05) is 6.08 Å². The van der Waals surface area contributed by atoms with Crippen LogP contribution in [0.15, 0.2) is 75.8 Å². The van der Waals surface area contributed by atoms with Gasteiger partial charge in [0.1, 0.15) is 11.5 Å². The van der Waals surface area contributed by atoms with E-state index in [4.69, 9.17) is 4.74 Å². The summed E-state index contributed by atoms with van der Waals surface area (Å²) >= 11 is 3.19. The lowest BCUT2D eigenvalue weighted by Crippen LogP contribution is -2.39. The summed E-state index contributed by atoms with van der Waals surface area (Å²) in [6.07, 6.45) is 3.34. The molecular weight excluding hydrogens is 582 g/mol. The van der Waals surface area contributed by atoms with Crippen LogP contribution in [0.25, 0.3) is 0 Å². The molecule has 4 unspecified atom stereocenters. The first-order chi connectivity index (χ1) is 19.1. The number of carboxylic acids is 1. The van der Waals surface area contributed by atoms with Crippen LogP contribution in [0.5, 0.6) is 11.5 Å². The topological polar surface area (TPSA) is 138 Å². The van der Waals surface area contributed by atoms with Crippen molar-refractivity contribution < 1.29 is 38.9 Å². The van der Waals surface area contributed by atoms with Gasteiger partial charge >= 0.3 is 5.97 Å². The van der Waals surface area contributed by atoms with Gasteiger partial charge in [-0.3, -0.25) is 24.1 Å². The third-order valence-electron chi connectivity index (χ3n) is 8.23. The van der Waals surface area contributed by atoms with Crippen LogP contribution in [0.4, 0.5) is 5.69 Å². The Labute approximate surface area is 236 Å². The first kappa shape index (κ1) is 25.9. The SMILES string of the molecule is COc1ccc(O)c(C2C3=CCC4C(=O)N(c5cccc(C(=O)O)c5)C(=O)C4C3CC3=C2C(=O)C=C(Br)C3=O)c1. The van der Waals surface area contributed by atoms with Crippen LogP contribution in [0.3, 0.4) is 0 Å². The first-order valence-electron chi connectivity index (χ1n) is 12.6. The quantitative estimate of drug-likeness (QED) is 0.303. The minimum atomic E-state index is -1.19. The highest BCUT2D eigenvalue weighted by atomic mass is 79.9. The summed E-state index contributed by atoms with van der Waals surface area (Å²) in [5.41, 5.74) is 1.62. The smallest absolute Gasteiger partial charge is 0.335 e. The number of anilines is 1. The van der Waals surface area contributed by atoms with Gasteiger partial charge in [-0.2, -0.15) is 0 Å². The molecule has 2 aromatic carbocycles. The molecule has 4 aliphatic rings. The van der Waals surface area contributed by atoms with Crippen LogP contribution in [-0.2, 0) is 19.2 Å². The second-order valence-electron chi connectivity index (χ2n) is 10.2. The average molecular weight is 604 g/mol. The minimum absolute atomic E-state index is 0.0595. The molecular formula is C30H22BrNO8. The maximum atomic E-state index is 13.9. The van der Waals surface area contributed by atoms with Crippen molar-refractivity contribution >= 4 is 51.0 Å². The molecule has 0 spiro atoms. The summed E-state index contributed by atoms with van der Waals surface area (Å²) in [5, 5.41) is 20.3. The molecule has 9 nitrogen and oxygen atoms in total. The Morgan fingerprint density at radius 3 is 2.55 bits per heavy atom. The van der Waals surface area contributed by atoms with Gasteiger partial charge in [-0.1, -0.05) is 17.7 Å². The standard InChI is InChI=1S/C30H22BrNO8/c1-40-15-5-8-22(33)19(10-15)24-16-6-7-17-25(18(16)11-20-26(24)23(34)12-21(31)27(20)35)29(37)32(28(17)36)14-4-2-3-13(9-14)30(38)39/h2-6,8-10,12,17-18,24-25,33H,7,11H2,1H3,(H,38,39). The fraction of sp³-hybridized carbons (Fsp3) is 0.233. The summed E-state index contributed by atoms with van der Waals surface area (Å²) in [4.78, 5) is 66.8. The molecule has 4 atom stereocenters. The van der Waals surface area contributed by atoms with Crippen molar-refractivity contribution in [2.45, 2.75) is 18.8 Å². The van der Waals surface area contributed by atoms with Crippen molar-refractivity contribution in [2.24, 2.45) is 17.8 Å². The van der Waals surface area contributed by atoms with Gasteiger partial charge in [-0.15, -0.1) is 0 Å². The molecule has 0 bridgehead atoms. The number of carbonyl (C=O) groups is 5. The summed E-state index contributed by atoms with van der Waals surface area (Å²) in [5.74, 6) is -5.53. The van der Waals surface area contributed by atoms with Crippen molar-refractivity contribution in [2.75, 3.05) is 12.0 Å². The number of phenols is 1. The van der Waals surface area contributed by atoms with Crippen molar-refractivity contribution in [3.8, 4) is 11.5 Å². The number of halogens is 1. The van der Waals surface area contributed by atoms with Gasteiger partial charge in [0.25, 0.3) is 0 Å². The molecule has 2 aromatic rings. The Morgan fingerprint density at radius 2 is 1.82 bits per heavy atom. The molecule has 0 saturated carbocycles. The van der Waals surface area contributed by atoms with E-state index in [0.717, 1.165) is 4.90 Å². The number of fused-ring (bicyclic) bond motifs is 3. The highest BCUT2D eigenvalue weighted by Gasteiger charge is 2.57. The molecule has 40 heavy (non-hydrogen) atoms. The number of aromatic carboxylic acids is 1. The monoisotopic (exact) mass is 603 g/mol. The Balaban J connectivity index is 1.49. The fourth-order valence-electron chi connectivity index (χ4n) is 6.49. The van der Waals surface area contributed by atoms with Gasteiger partial charge in [0.15, 0.2) is 11.6 Å². The lowest BCUT2D eigenvalue weighted by Gasteiger charge is -2.42. The zero-order valence-electron chi connectivity index (χ0n) is 21.1. The number of nitrogens with zero attached hydrogens (tertiary/aromatic N) is 1. The van der Waals surface area contributed by atoms with Gasteiger partial charge in [-0.25, -0.2) is 4.79 Å². The third kappa shape index (κ3) is 3.77. The molecule has 1 fully saturated rings. The number of imide groups is 1. The summed E-state index contributed by atoms with van der Waals surface area (Å²) in [6.45, 7) is 0.